The zero-order valence-corrected chi connectivity index (χ0v) is 12.3. The average Bonchev–Trinajstić information content (AvgIpc) is 2.37. The molecule has 0 saturated heterocycles. The average molecular weight is 277 g/mol. The minimum absolute atomic E-state index is 0.00877. The lowest BCUT2D eigenvalue weighted by Gasteiger charge is -2.32. The molecule has 0 aliphatic heterocycles. The van der Waals surface area contributed by atoms with Gasteiger partial charge >= 0.3 is 0 Å². The number of phenols is 1. The fourth-order valence-electron chi connectivity index (χ4n) is 3.16. The Hall–Kier alpha value is -1.71. The number of carbonyl (C=O) groups excluding carboxylic acids is 1. The first-order valence-electron chi connectivity index (χ1n) is 7.17. The summed E-state index contributed by atoms with van der Waals surface area (Å²) in [5, 5.41) is 12.8. The normalized spacial score (nSPS) is 26.1. The van der Waals surface area contributed by atoms with Crippen molar-refractivity contribution in [2.24, 2.45) is 11.8 Å². The molecule has 1 aliphatic carbocycles. The van der Waals surface area contributed by atoms with E-state index in [0.717, 1.165) is 12.8 Å². The number of nitrogens with one attached hydrogen (secondary N) is 1. The van der Waals surface area contributed by atoms with Gasteiger partial charge in [-0.1, -0.05) is 13.8 Å². The number of hydrogen-bond acceptors (Lipinski definition) is 3. The van der Waals surface area contributed by atoms with Crippen LogP contribution in [0.4, 0.5) is 0 Å². The van der Waals surface area contributed by atoms with Crippen molar-refractivity contribution in [3.8, 4) is 11.5 Å². The van der Waals surface area contributed by atoms with Gasteiger partial charge in [-0.15, -0.1) is 0 Å². The van der Waals surface area contributed by atoms with Crippen LogP contribution in [-0.2, 0) is 0 Å². The molecule has 0 heterocycles. The fraction of sp³-hybridized carbons (Fsp3) is 0.562. The predicted molar refractivity (Wildman–Crippen MR) is 78.1 cm³/mol. The van der Waals surface area contributed by atoms with Gasteiger partial charge in [0.25, 0.3) is 5.91 Å². The molecule has 20 heavy (non-hydrogen) atoms. The van der Waals surface area contributed by atoms with E-state index in [1.165, 1.54) is 19.6 Å². The number of hydrogen-bond donors (Lipinski definition) is 2. The molecule has 1 aliphatic rings. The Kier molecular flexibility index (Phi) is 4.53. The van der Waals surface area contributed by atoms with E-state index in [1.807, 2.05) is 0 Å². The van der Waals surface area contributed by atoms with E-state index in [-0.39, 0.29) is 17.7 Å². The Morgan fingerprint density at radius 1 is 1.25 bits per heavy atom. The van der Waals surface area contributed by atoms with Crippen LogP contribution in [0.15, 0.2) is 18.2 Å². The maximum Gasteiger partial charge on any atom is 0.251 e. The summed E-state index contributed by atoms with van der Waals surface area (Å²) in [5.74, 6) is 1.53. The van der Waals surface area contributed by atoms with Gasteiger partial charge in [0, 0.05) is 11.6 Å². The number of methoxy groups -OCH3 is 1. The monoisotopic (exact) mass is 277 g/mol. The highest BCUT2D eigenvalue weighted by Gasteiger charge is 2.25. The molecule has 0 spiro atoms. The number of benzene rings is 1. The van der Waals surface area contributed by atoms with Gasteiger partial charge in [-0.3, -0.25) is 4.79 Å². The fourth-order valence-corrected chi connectivity index (χ4v) is 3.16. The lowest BCUT2D eigenvalue weighted by molar-refractivity contribution is 0.0910. The molecule has 0 bridgehead atoms. The maximum absolute atomic E-state index is 12.2. The van der Waals surface area contributed by atoms with Crippen LogP contribution in [0.1, 0.15) is 43.5 Å². The van der Waals surface area contributed by atoms with Gasteiger partial charge in [-0.05, 0) is 49.3 Å². The van der Waals surface area contributed by atoms with Crippen molar-refractivity contribution in [3.05, 3.63) is 23.8 Å². The summed E-state index contributed by atoms with van der Waals surface area (Å²) in [6.07, 6.45) is 3.28. The number of ether oxygens (including phenoxy) is 1. The quantitative estimate of drug-likeness (QED) is 0.893. The topological polar surface area (TPSA) is 58.6 Å². The molecule has 4 heteroatoms. The largest absolute Gasteiger partial charge is 0.504 e. The molecule has 1 aromatic rings. The van der Waals surface area contributed by atoms with Crippen LogP contribution in [0.5, 0.6) is 11.5 Å². The standard InChI is InChI=1S/C16H23NO3/c1-10-6-11(2)8-13(7-10)17-16(19)12-4-5-15(20-3)14(18)9-12/h4-5,9-11,13,18H,6-8H2,1-3H3,(H,17,19). The summed E-state index contributed by atoms with van der Waals surface area (Å²) in [7, 11) is 1.49. The minimum atomic E-state index is -0.130. The minimum Gasteiger partial charge on any atom is -0.504 e. The van der Waals surface area contributed by atoms with E-state index in [4.69, 9.17) is 4.74 Å². The third kappa shape index (κ3) is 3.44. The van der Waals surface area contributed by atoms with Gasteiger partial charge in [0.1, 0.15) is 0 Å². The summed E-state index contributed by atoms with van der Waals surface area (Å²) in [6.45, 7) is 4.46. The summed E-state index contributed by atoms with van der Waals surface area (Å²) in [4.78, 5) is 12.2. The predicted octanol–water partition coefficient (Wildman–Crippen LogP) is 2.96. The molecule has 2 unspecified atom stereocenters. The second-order valence-corrected chi connectivity index (χ2v) is 5.97. The van der Waals surface area contributed by atoms with Crippen molar-refractivity contribution in [2.45, 2.75) is 39.2 Å². The second-order valence-electron chi connectivity index (χ2n) is 5.97. The molecule has 1 saturated carbocycles. The van der Waals surface area contributed by atoms with Crippen LogP contribution in [0, 0.1) is 11.8 Å². The molecule has 1 fully saturated rings. The first kappa shape index (κ1) is 14.7. The van der Waals surface area contributed by atoms with Gasteiger partial charge in [-0.2, -0.15) is 0 Å². The third-order valence-electron chi connectivity index (χ3n) is 3.95. The van der Waals surface area contributed by atoms with Crippen molar-refractivity contribution in [1.82, 2.24) is 5.32 Å². The van der Waals surface area contributed by atoms with Gasteiger partial charge in [-0.25, -0.2) is 0 Å². The van der Waals surface area contributed by atoms with E-state index in [1.54, 1.807) is 12.1 Å². The summed E-state index contributed by atoms with van der Waals surface area (Å²) >= 11 is 0. The van der Waals surface area contributed by atoms with Crippen LogP contribution in [0.2, 0.25) is 0 Å². The highest BCUT2D eigenvalue weighted by atomic mass is 16.5. The number of phenolic OH excluding ortho intramolecular Hbond substituents is 1. The molecule has 2 N–H and O–H groups in total. The molecular weight excluding hydrogens is 254 g/mol. The summed E-state index contributed by atoms with van der Waals surface area (Å²) < 4.78 is 4.98. The van der Waals surface area contributed by atoms with Crippen LogP contribution >= 0.6 is 0 Å². The van der Waals surface area contributed by atoms with Crippen molar-refractivity contribution in [3.63, 3.8) is 0 Å². The smallest absolute Gasteiger partial charge is 0.251 e. The Labute approximate surface area is 120 Å². The summed E-state index contributed by atoms with van der Waals surface area (Å²) in [6, 6.07) is 4.95. The zero-order valence-electron chi connectivity index (χ0n) is 12.3. The van der Waals surface area contributed by atoms with Crippen LogP contribution < -0.4 is 10.1 Å². The highest BCUT2D eigenvalue weighted by molar-refractivity contribution is 5.95. The molecule has 1 amide bonds. The molecule has 0 aromatic heterocycles. The Morgan fingerprint density at radius 2 is 1.90 bits per heavy atom. The maximum atomic E-state index is 12.2. The Morgan fingerprint density at radius 3 is 2.45 bits per heavy atom. The molecule has 2 atom stereocenters. The zero-order chi connectivity index (χ0) is 14.7. The Bertz CT molecular complexity index is 477. The number of aromatic hydroxyl groups is 1. The first-order valence-corrected chi connectivity index (χ1v) is 7.17. The lowest BCUT2D eigenvalue weighted by Crippen LogP contribution is -2.40. The van der Waals surface area contributed by atoms with E-state index in [0.29, 0.717) is 23.1 Å². The van der Waals surface area contributed by atoms with Crippen LogP contribution in [-0.4, -0.2) is 24.2 Å². The van der Waals surface area contributed by atoms with Gasteiger partial charge in [0.05, 0.1) is 7.11 Å². The Balaban J connectivity index is 2.02. The van der Waals surface area contributed by atoms with Crippen LogP contribution in [0.25, 0.3) is 0 Å². The molecule has 2 rings (SSSR count). The van der Waals surface area contributed by atoms with Crippen molar-refractivity contribution in [2.75, 3.05) is 7.11 Å². The van der Waals surface area contributed by atoms with E-state index in [2.05, 4.69) is 19.2 Å². The van der Waals surface area contributed by atoms with Crippen molar-refractivity contribution in [1.29, 1.82) is 0 Å². The summed E-state index contributed by atoms with van der Waals surface area (Å²) in [5.41, 5.74) is 0.467. The third-order valence-corrected chi connectivity index (χ3v) is 3.95. The molecule has 110 valence electrons. The van der Waals surface area contributed by atoms with Crippen molar-refractivity contribution >= 4 is 5.91 Å². The van der Waals surface area contributed by atoms with Gasteiger partial charge < -0.3 is 15.2 Å². The molecule has 1 aromatic carbocycles. The SMILES string of the molecule is COc1ccc(C(=O)NC2CC(C)CC(C)C2)cc1O. The second kappa shape index (κ2) is 6.16. The number of amides is 1. The van der Waals surface area contributed by atoms with Gasteiger partial charge in [0.2, 0.25) is 0 Å². The van der Waals surface area contributed by atoms with E-state index in [9.17, 15) is 9.90 Å². The molecular formula is C16H23NO3. The van der Waals surface area contributed by atoms with Crippen molar-refractivity contribution < 1.29 is 14.6 Å². The number of rotatable bonds is 3. The first-order chi connectivity index (χ1) is 9.49. The van der Waals surface area contributed by atoms with E-state index >= 15 is 0 Å². The molecule has 4 nitrogen and oxygen atoms in total. The van der Waals surface area contributed by atoms with Gasteiger partial charge in [0.15, 0.2) is 11.5 Å². The van der Waals surface area contributed by atoms with E-state index < -0.39 is 0 Å². The lowest BCUT2D eigenvalue weighted by atomic mass is 9.80. The number of carbonyl (C=O) groups is 1. The van der Waals surface area contributed by atoms with Crippen LogP contribution in [0.3, 0.4) is 0 Å². The molecule has 0 radical (unpaired) electrons. The highest BCUT2D eigenvalue weighted by Crippen LogP contribution is 2.29.